The number of carbonyl (C=O) groups excluding carboxylic acids is 8. The molecule has 4 N–H and O–H groups in total. The maximum atomic E-state index is 14.3. The van der Waals surface area contributed by atoms with E-state index in [4.69, 9.17) is 28.5 Å². The summed E-state index contributed by atoms with van der Waals surface area (Å²) in [7, 11) is 1.33. The zero-order valence-electron chi connectivity index (χ0n) is 36.7. The second kappa shape index (κ2) is 19.0. The summed E-state index contributed by atoms with van der Waals surface area (Å²) in [4.78, 5) is 112. The minimum Gasteiger partial charge on any atom is -0.507 e. The van der Waals surface area contributed by atoms with Crippen LogP contribution in [0.4, 0.5) is 0 Å². The highest BCUT2D eigenvalue weighted by molar-refractivity contribution is 8.01. The van der Waals surface area contributed by atoms with Gasteiger partial charge in [0.05, 0.1) is 72.7 Å². The van der Waals surface area contributed by atoms with Crippen LogP contribution >= 0.6 is 11.8 Å². The van der Waals surface area contributed by atoms with Crippen molar-refractivity contribution in [3.8, 4) is 17.2 Å². The first kappa shape index (κ1) is 46.8. The number of thioether (sulfide) groups is 1. The number of likely N-dealkylation sites (tertiary alicyclic amines) is 1. The Kier molecular flexibility index (Phi) is 13.3. The number of Topliss-reactive ketones (excluding diaryl/α,β-unsaturated/α-hetero) is 1. The highest BCUT2D eigenvalue weighted by Gasteiger charge is 2.51. The third-order valence-electron chi connectivity index (χ3n) is 13.8. The molecule has 3 aliphatic carbocycles. The number of benzene rings is 2. The lowest BCUT2D eigenvalue weighted by Crippen LogP contribution is -2.48. The van der Waals surface area contributed by atoms with Gasteiger partial charge in [-0.3, -0.25) is 43.8 Å². The normalized spacial score (nSPS) is 29.7. The highest BCUT2D eigenvalue weighted by atomic mass is 32.2. The van der Waals surface area contributed by atoms with Gasteiger partial charge in [-0.2, -0.15) is 0 Å². The van der Waals surface area contributed by atoms with Gasteiger partial charge in [0.1, 0.15) is 29.1 Å². The van der Waals surface area contributed by atoms with Crippen LogP contribution in [-0.2, 0) is 59.0 Å². The van der Waals surface area contributed by atoms with Crippen LogP contribution in [0.15, 0.2) is 18.2 Å². The number of hydroxylamine groups is 2. The van der Waals surface area contributed by atoms with Crippen LogP contribution in [-0.4, -0.2) is 147 Å². The number of phenolic OH excluding ortho intramolecular Hbond substituents is 2. The van der Waals surface area contributed by atoms with Crippen molar-refractivity contribution in [2.75, 3.05) is 45.8 Å². The molecule has 4 heterocycles. The lowest BCUT2D eigenvalue weighted by atomic mass is 9.72. The van der Waals surface area contributed by atoms with Crippen LogP contribution in [0.5, 0.6) is 17.2 Å². The summed E-state index contributed by atoms with van der Waals surface area (Å²) < 4.78 is 29.4. The molecule has 7 aliphatic rings. The quantitative estimate of drug-likeness (QED) is 0.141. The number of nitrogens with zero attached hydrogens (tertiary/aromatic N) is 2. The minimum absolute atomic E-state index is 0.0176. The molecule has 1 unspecified atom stereocenters. The number of methoxy groups -OCH3 is 1. The first-order valence-corrected chi connectivity index (χ1v) is 23.6. The molecule has 2 aromatic rings. The summed E-state index contributed by atoms with van der Waals surface area (Å²) in [6.45, 7) is 1.78. The van der Waals surface area contributed by atoms with E-state index in [1.54, 1.807) is 0 Å². The number of ether oxygens (including phenoxy) is 5. The molecule has 0 aromatic heterocycles. The van der Waals surface area contributed by atoms with Crippen molar-refractivity contribution in [3.63, 3.8) is 0 Å². The van der Waals surface area contributed by atoms with Gasteiger partial charge in [-0.05, 0) is 44.1 Å². The molecule has 5 fully saturated rings. The summed E-state index contributed by atoms with van der Waals surface area (Å²) in [5, 5.41) is 39.0. The van der Waals surface area contributed by atoms with Gasteiger partial charge in [-0.25, -0.2) is 4.79 Å². The van der Waals surface area contributed by atoms with E-state index in [1.165, 1.54) is 25.3 Å². The largest absolute Gasteiger partial charge is 0.507 e. The number of fused-ring (bicyclic) bond motifs is 3. The predicted molar refractivity (Wildman–Crippen MR) is 228 cm³/mol. The molecule has 358 valence electrons. The number of phenols is 2. The molecule has 21 heteroatoms. The number of ketones is 3. The van der Waals surface area contributed by atoms with Crippen LogP contribution in [0.3, 0.4) is 0 Å². The number of aliphatic hydroxyl groups is 1. The molecule has 1 saturated carbocycles. The van der Waals surface area contributed by atoms with E-state index < -0.39 is 117 Å². The van der Waals surface area contributed by atoms with Crippen molar-refractivity contribution in [3.05, 3.63) is 51.6 Å². The maximum Gasteiger partial charge on any atom is 0.336 e. The van der Waals surface area contributed by atoms with Crippen molar-refractivity contribution in [1.82, 2.24) is 15.3 Å². The van der Waals surface area contributed by atoms with Crippen LogP contribution in [0.1, 0.15) is 113 Å². The highest BCUT2D eigenvalue weighted by Crippen LogP contribution is 2.53. The van der Waals surface area contributed by atoms with Crippen molar-refractivity contribution in [1.29, 1.82) is 0 Å². The van der Waals surface area contributed by atoms with Crippen molar-refractivity contribution < 1.29 is 82.2 Å². The molecular formula is C46H51N3O17S. The number of imide groups is 2. The van der Waals surface area contributed by atoms with Gasteiger partial charge in [-0.15, -0.1) is 16.8 Å². The first-order chi connectivity index (χ1) is 32.1. The SMILES string of the molecule is COc1cccc2c1C(=O)c1c(O)c3c(c(O)c1C2=O)C[C@@](O)(C(=O)CSC1CC(=O)N(CC2CCC(C(=O)ON4C(=O)CCC4=O)CC2)C1=O)C[C@@H]3O[C@H]1CC[C@H](O[C@@H]2COCCN2)CO1. The van der Waals surface area contributed by atoms with E-state index in [9.17, 15) is 53.7 Å². The minimum atomic E-state index is -2.29. The lowest BCUT2D eigenvalue weighted by Gasteiger charge is -2.41. The number of aromatic hydroxyl groups is 2. The lowest BCUT2D eigenvalue weighted by molar-refractivity contribution is -0.233. The summed E-state index contributed by atoms with van der Waals surface area (Å²) in [5.74, 6) is -7.51. The van der Waals surface area contributed by atoms with Gasteiger partial charge in [0.15, 0.2) is 17.9 Å². The number of hydrogen-bond acceptors (Lipinski definition) is 19. The van der Waals surface area contributed by atoms with E-state index in [-0.39, 0.29) is 85.1 Å². The Labute approximate surface area is 387 Å². The molecule has 4 amide bonds. The summed E-state index contributed by atoms with van der Waals surface area (Å²) in [6.07, 6.45) is -1.77. The van der Waals surface area contributed by atoms with Gasteiger partial charge in [0.25, 0.3) is 11.8 Å². The summed E-state index contributed by atoms with van der Waals surface area (Å²) >= 11 is 0.882. The Bertz CT molecular complexity index is 2390. The fourth-order valence-corrected chi connectivity index (χ4v) is 11.3. The standard InChI is InChI=1S/C46H51N3O17S/c1-61-27-4-2-3-25-36(27)42(56)39-38(40(25)54)41(55)26-16-46(60,17-28(37(26)43(39)57)65-35-12-9-24(19-63-35)64-31-20-62-14-13-47-31)30(50)21-67-29-15-34(53)48(44(29)58)18-22-5-7-23(8-6-22)45(59)66-49-32(51)10-11-33(49)52/h2-4,22-24,28-29,31,35,47,55,57,60H,5-21H2,1H3/t22?,23?,24-,28-,29?,31+,35-,46-/m0/s1. The molecule has 0 spiro atoms. The number of amides is 4. The van der Waals surface area contributed by atoms with E-state index in [0.717, 1.165) is 16.7 Å². The Morgan fingerprint density at radius 2 is 1.64 bits per heavy atom. The molecular weight excluding hydrogens is 899 g/mol. The Morgan fingerprint density at radius 1 is 0.896 bits per heavy atom. The number of nitrogens with one attached hydrogen (secondary N) is 1. The van der Waals surface area contributed by atoms with Gasteiger partial charge in [-0.1, -0.05) is 12.1 Å². The summed E-state index contributed by atoms with van der Waals surface area (Å²) in [6, 6.07) is 4.38. The summed E-state index contributed by atoms with van der Waals surface area (Å²) in [5.41, 5.74) is -3.72. The topological polar surface area (TPSA) is 271 Å². The average molecular weight is 950 g/mol. The predicted octanol–water partition coefficient (Wildman–Crippen LogP) is 1.93. The fourth-order valence-electron chi connectivity index (χ4n) is 10.2. The van der Waals surface area contributed by atoms with Crippen molar-refractivity contribution >= 4 is 58.7 Å². The molecule has 6 atom stereocenters. The van der Waals surface area contributed by atoms with Crippen LogP contribution in [0.25, 0.3) is 0 Å². The Balaban J connectivity index is 0.891. The third kappa shape index (κ3) is 8.97. The molecule has 4 saturated heterocycles. The number of hydrogen-bond donors (Lipinski definition) is 4. The van der Waals surface area contributed by atoms with E-state index in [2.05, 4.69) is 5.32 Å². The Morgan fingerprint density at radius 3 is 2.33 bits per heavy atom. The Hall–Kier alpha value is -5.29. The number of morpholine rings is 1. The first-order valence-electron chi connectivity index (χ1n) is 22.6. The zero-order chi connectivity index (χ0) is 47.3. The molecule has 0 bridgehead atoms. The van der Waals surface area contributed by atoms with Gasteiger partial charge in [0, 0.05) is 68.3 Å². The molecule has 20 nitrogen and oxygen atoms in total. The number of carbonyl (C=O) groups is 8. The second-order valence-electron chi connectivity index (χ2n) is 18.0. The van der Waals surface area contributed by atoms with Crippen LogP contribution in [0.2, 0.25) is 0 Å². The van der Waals surface area contributed by atoms with Gasteiger partial charge < -0.3 is 43.8 Å². The van der Waals surface area contributed by atoms with Crippen LogP contribution in [0, 0.1) is 11.8 Å². The maximum absolute atomic E-state index is 14.3. The monoisotopic (exact) mass is 949 g/mol. The van der Waals surface area contributed by atoms with E-state index in [0.29, 0.717) is 56.9 Å². The molecule has 67 heavy (non-hydrogen) atoms. The molecule has 0 radical (unpaired) electrons. The molecule has 9 rings (SSSR count). The van der Waals surface area contributed by atoms with Gasteiger partial charge >= 0.3 is 5.97 Å². The molecule has 2 aromatic carbocycles. The number of rotatable bonds is 13. The smallest absolute Gasteiger partial charge is 0.336 e. The molecule has 4 aliphatic heterocycles. The third-order valence-corrected chi connectivity index (χ3v) is 15.0. The average Bonchev–Trinajstić information content (AvgIpc) is 3.79. The van der Waals surface area contributed by atoms with Crippen molar-refractivity contribution in [2.45, 2.75) is 106 Å². The van der Waals surface area contributed by atoms with Crippen molar-refractivity contribution in [2.24, 2.45) is 11.8 Å². The second-order valence-corrected chi connectivity index (χ2v) is 19.2. The van der Waals surface area contributed by atoms with E-state index in [1.807, 2.05) is 0 Å². The fraction of sp³-hybridized carbons (Fsp3) is 0.565. The van der Waals surface area contributed by atoms with Gasteiger partial charge in [0.2, 0.25) is 17.6 Å². The van der Waals surface area contributed by atoms with E-state index >= 15 is 0 Å². The van der Waals surface area contributed by atoms with Crippen LogP contribution < -0.4 is 10.1 Å². The zero-order valence-corrected chi connectivity index (χ0v) is 37.5.